The first-order valence-corrected chi connectivity index (χ1v) is 5.51. The lowest BCUT2D eigenvalue weighted by molar-refractivity contribution is -0.108. The van der Waals surface area contributed by atoms with Crippen LogP contribution in [0.15, 0.2) is 42.0 Å². The number of carbonyl (C=O) groups is 1. The molecule has 0 aliphatic carbocycles. The fourth-order valence-electron chi connectivity index (χ4n) is 1.63. The van der Waals surface area contributed by atoms with Gasteiger partial charge in [0.2, 0.25) is 5.24 Å². The summed E-state index contributed by atoms with van der Waals surface area (Å²) in [5.74, 6) is -0.257. The maximum Gasteiger partial charge on any atom is 0.248 e. The maximum absolute atomic E-state index is 13.0. The molecular formula is C14H10ClFO. The molecule has 0 radical (unpaired) electrons. The zero-order valence-corrected chi connectivity index (χ0v) is 9.96. The molecule has 2 aromatic rings. The van der Waals surface area contributed by atoms with Crippen LogP contribution in [0.1, 0.15) is 12.5 Å². The predicted molar refractivity (Wildman–Crippen MR) is 68.4 cm³/mol. The van der Waals surface area contributed by atoms with Crippen LogP contribution in [0.4, 0.5) is 4.39 Å². The molecule has 0 amide bonds. The average Bonchev–Trinajstić information content (AvgIpc) is 2.29. The first kappa shape index (κ1) is 11.8. The molecule has 0 aliphatic rings. The summed E-state index contributed by atoms with van der Waals surface area (Å²) >= 11 is 5.36. The van der Waals surface area contributed by atoms with Gasteiger partial charge in [0.15, 0.2) is 0 Å². The Kier molecular flexibility index (Phi) is 3.25. The number of hydrogen-bond acceptors (Lipinski definition) is 1. The van der Waals surface area contributed by atoms with Gasteiger partial charge in [0.05, 0.1) is 0 Å². The monoisotopic (exact) mass is 248 g/mol. The summed E-state index contributed by atoms with van der Waals surface area (Å²) in [5, 5.41) is 1.29. The number of carbonyl (C=O) groups excluding carboxylic acids is 1. The Hall–Kier alpha value is -1.67. The van der Waals surface area contributed by atoms with E-state index in [-0.39, 0.29) is 5.82 Å². The molecular weight excluding hydrogens is 239 g/mol. The molecule has 1 nitrogen and oxygen atoms in total. The van der Waals surface area contributed by atoms with Crippen molar-refractivity contribution < 1.29 is 9.18 Å². The molecule has 0 N–H and O–H groups in total. The van der Waals surface area contributed by atoms with Crippen LogP contribution in [-0.2, 0) is 4.79 Å². The highest BCUT2D eigenvalue weighted by Gasteiger charge is 2.00. The number of rotatable bonds is 2. The summed E-state index contributed by atoms with van der Waals surface area (Å²) in [6.45, 7) is 1.66. The van der Waals surface area contributed by atoms with Gasteiger partial charge in [0.1, 0.15) is 5.82 Å². The van der Waals surface area contributed by atoms with Gasteiger partial charge in [-0.3, -0.25) is 4.79 Å². The highest BCUT2D eigenvalue weighted by Crippen LogP contribution is 2.19. The van der Waals surface area contributed by atoms with Gasteiger partial charge < -0.3 is 0 Å². The Balaban J connectivity index is 2.49. The Morgan fingerprint density at radius 3 is 2.53 bits per heavy atom. The fraction of sp³-hybridized carbons (Fsp3) is 0.0714. The van der Waals surface area contributed by atoms with E-state index >= 15 is 0 Å². The second-order valence-electron chi connectivity index (χ2n) is 3.85. The molecule has 0 saturated carbocycles. The Bertz CT molecular complexity index is 617. The lowest BCUT2D eigenvalue weighted by Crippen LogP contribution is -1.87. The van der Waals surface area contributed by atoms with Gasteiger partial charge in [-0.2, -0.15) is 0 Å². The van der Waals surface area contributed by atoms with Gasteiger partial charge in [-0.1, -0.05) is 18.2 Å². The van der Waals surface area contributed by atoms with Crippen molar-refractivity contribution in [3.8, 4) is 0 Å². The molecule has 0 atom stereocenters. The van der Waals surface area contributed by atoms with Crippen LogP contribution in [-0.4, -0.2) is 5.24 Å². The summed E-state index contributed by atoms with van der Waals surface area (Å²) in [7, 11) is 0. The second kappa shape index (κ2) is 4.68. The molecule has 3 heteroatoms. The van der Waals surface area contributed by atoms with Crippen LogP contribution < -0.4 is 0 Å². The number of hydrogen-bond donors (Lipinski definition) is 0. The summed E-state index contributed by atoms with van der Waals surface area (Å²) in [6, 6.07) is 10.1. The minimum Gasteiger partial charge on any atom is -0.276 e. The van der Waals surface area contributed by atoms with Crippen LogP contribution in [0.5, 0.6) is 0 Å². The lowest BCUT2D eigenvalue weighted by Gasteiger charge is -2.01. The van der Waals surface area contributed by atoms with Crippen molar-refractivity contribution in [2.24, 2.45) is 0 Å². The van der Waals surface area contributed by atoms with Gasteiger partial charge in [0, 0.05) is 5.57 Å². The fourth-order valence-corrected chi connectivity index (χ4v) is 1.69. The normalized spacial score (nSPS) is 11.8. The topological polar surface area (TPSA) is 17.1 Å². The summed E-state index contributed by atoms with van der Waals surface area (Å²) in [5.41, 5.74) is 1.35. The van der Waals surface area contributed by atoms with Gasteiger partial charge in [0.25, 0.3) is 0 Å². The standard InChI is InChI=1S/C14H10ClFO/c1-9(14(15)17)6-10-2-3-12-8-13(16)5-4-11(12)7-10/h2-8H,1H3. The predicted octanol–water partition coefficient (Wildman–Crippen LogP) is 4.15. The zero-order valence-electron chi connectivity index (χ0n) is 9.21. The molecule has 0 bridgehead atoms. The van der Waals surface area contributed by atoms with E-state index in [2.05, 4.69) is 0 Å². The van der Waals surface area contributed by atoms with Gasteiger partial charge in [-0.05, 0) is 59.1 Å². The quantitative estimate of drug-likeness (QED) is 0.576. The van der Waals surface area contributed by atoms with Crippen LogP contribution in [0.25, 0.3) is 16.8 Å². The van der Waals surface area contributed by atoms with Gasteiger partial charge in [-0.25, -0.2) is 4.39 Å². The number of allylic oxidation sites excluding steroid dienone is 1. The molecule has 0 unspecified atom stereocenters. The van der Waals surface area contributed by atoms with Crippen molar-refractivity contribution in [3.63, 3.8) is 0 Å². The zero-order chi connectivity index (χ0) is 12.4. The summed E-state index contributed by atoms with van der Waals surface area (Å²) in [4.78, 5) is 10.9. The minimum absolute atomic E-state index is 0.257. The molecule has 0 aromatic heterocycles. The van der Waals surface area contributed by atoms with E-state index in [1.165, 1.54) is 12.1 Å². The van der Waals surface area contributed by atoms with Crippen molar-refractivity contribution >= 4 is 33.7 Å². The van der Waals surface area contributed by atoms with Gasteiger partial charge >= 0.3 is 0 Å². The first-order chi connectivity index (χ1) is 8.06. The Labute approximate surface area is 104 Å². The van der Waals surface area contributed by atoms with Crippen molar-refractivity contribution in [2.45, 2.75) is 6.92 Å². The molecule has 0 saturated heterocycles. The van der Waals surface area contributed by atoms with Gasteiger partial charge in [-0.15, -0.1) is 0 Å². The molecule has 86 valence electrons. The summed E-state index contributed by atoms with van der Waals surface area (Å²) in [6.07, 6.45) is 1.71. The molecule has 0 heterocycles. The van der Waals surface area contributed by atoms with E-state index < -0.39 is 5.24 Å². The Morgan fingerprint density at radius 1 is 1.18 bits per heavy atom. The largest absolute Gasteiger partial charge is 0.276 e. The highest BCUT2D eigenvalue weighted by molar-refractivity contribution is 6.68. The molecule has 2 rings (SSSR count). The highest BCUT2D eigenvalue weighted by atomic mass is 35.5. The van der Waals surface area contributed by atoms with Crippen molar-refractivity contribution in [3.05, 3.63) is 53.4 Å². The van der Waals surface area contributed by atoms with Crippen molar-refractivity contribution in [2.75, 3.05) is 0 Å². The molecule has 17 heavy (non-hydrogen) atoms. The number of halogens is 2. The van der Waals surface area contributed by atoms with E-state index in [4.69, 9.17) is 11.6 Å². The number of fused-ring (bicyclic) bond motifs is 1. The van der Waals surface area contributed by atoms with E-state index in [0.29, 0.717) is 5.57 Å². The molecule has 0 aliphatic heterocycles. The molecule has 0 spiro atoms. The number of benzene rings is 2. The van der Waals surface area contributed by atoms with Crippen molar-refractivity contribution in [1.82, 2.24) is 0 Å². The van der Waals surface area contributed by atoms with E-state index in [9.17, 15) is 9.18 Å². The van der Waals surface area contributed by atoms with E-state index in [0.717, 1.165) is 16.3 Å². The van der Waals surface area contributed by atoms with Crippen LogP contribution in [0, 0.1) is 5.82 Å². The maximum atomic E-state index is 13.0. The van der Waals surface area contributed by atoms with Crippen molar-refractivity contribution in [1.29, 1.82) is 0 Å². The molecule has 0 fully saturated rings. The minimum atomic E-state index is -0.468. The average molecular weight is 249 g/mol. The molecule has 2 aromatic carbocycles. The first-order valence-electron chi connectivity index (χ1n) is 5.14. The van der Waals surface area contributed by atoms with Crippen LogP contribution in [0.2, 0.25) is 0 Å². The third-order valence-corrected chi connectivity index (χ3v) is 2.82. The van der Waals surface area contributed by atoms with Crippen LogP contribution >= 0.6 is 11.6 Å². The van der Waals surface area contributed by atoms with E-state index in [1.807, 2.05) is 18.2 Å². The SMILES string of the molecule is CC(=Cc1ccc2cc(F)ccc2c1)C(=O)Cl. The third-order valence-electron chi connectivity index (χ3n) is 2.52. The van der Waals surface area contributed by atoms with E-state index in [1.54, 1.807) is 19.1 Å². The Morgan fingerprint density at radius 2 is 1.82 bits per heavy atom. The second-order valence-corrected chi connectivity index (χ2v) is 4.20. The lowest BCUT2D eigenvalue weighted by atomic mass is 10.1. The van der Waals surface area contributed by atoms with Crippen LogP contribution in [0.3, 0.4) is 0 Å². The smallest absolute Gasteiger partial charge is 0.248 e. The third kappa shape index (κ3) is 2.71. The summed E-state index contributed by atoms with van der Waals surface area (Å²) < 4.78 is 13.0.